The van der Waals surface area contributed by atoms with E-state index in [-0.39, 0.29) is 24.0 Å². The van der Waals surface area contributed by atoms with Gasteiger partial charge in [0.15, 0.2) is 0 Å². The molecule has 9 heteroatoms. The first-order chi connectivity index (χ1) is 15.1. The topological polar surface area (TPSA) is 111 Å². The van der Waals surface area contributed by atoms with Crippen molar-refractivity contribution in [2.75, 3.05) is 11.9 Å². The maximum atomic E-state index is 12.8. The molecule has 1 aliphatic rings. The van der Waals surface area contributed by atoms with E-state index in [0.29, 0.717) is 18.4 Å². The van der Waals surface area contributed by atoms with Gasteiger partial charge in [0.2, 0.25) is 11.8 Å². The Labute approximate surface area is 187 Å². The smallest absolute Gasteiger partial charge is 0.329 e. The molecule has 2 heterocycles. The largest absolute Gasteiger partial charge is 0.460 e. The molecule has 2 amide bonds. The second-order valence-electron chi connectivity index (χ2n) is 9.21. The number of esters is 1. The van der Waals surface area contributed by atoms with Crippen LogP contribution in [0.3, 0.4) is 0 Å². The number of hydrogen-bond donors (Lipinski definition) is 2. The Morgan fingerprint density at radius 2 is 1.91 bits per heavy atom. The molecule has 0 bridgehead atoms. The van der Waals surface area contributed by atoms with Gasteiger partial charge in [0.05, 0.1) is 11.0 Å². The quantitative estimate of drug-likeness (QED) is 0.368. The molecular formula is C23H32N4O5. The predicted octanol–water partition coefficient (Wildman–Crippen LogP) is 2.63. The molecule has 3 rings (SSSR count). The average molecular weight is 445 g/mol. The zero-order chi connectivity index (χ0) is 23.5. The number of hydrogen-bond acceptors (Lipinski definition) is 6. The molecule has 0 saturated carbocycles. The number of aromatic nitrogens is 2. The highest BCUT2D eigenvalue weighted by molar-refractivity contribution is 6.00. The Bertz CT molecular complexity index is 1080. The van der Waals surface area contributed by atoms with Gasteiger partial charge in [0.25, 0.3) is 0 Å². The van der Waals surface area contributed by atoms with Gasteiger partial charge in [-0.2, -0.15) is 0 Å². The molecule has 2 aromatic rings. The SMILES string of the molecule is Cn1c(=O)n(C2CCC(=O)NC2=O)c2ccc(NCCCCCC(=O)OC(C)(C)C)cc21. The van der Waals surface area contributed by atoms with Crippen LogP contribution in [0, 0.1) is 0 Å². The lowest BCUT2D eigenvalue weighted by molar-refractivity contribution is -0.155. The number of ether oxygens (including phenoxy) is 1. The second-order valence-corrected chi connectivity index (χ2v) is 9.21. The van der Waals surface area contributed by atoms with E-state index in [2.05, 4.69) is 10.6 Å². The fourth-order valence-corrected chi connectivity index (χ4v) is 3.90. The van der Waals surface area contributed by atoms with E-state index >= 15 is 0 Å². The minimum atomic E-state index is -0.687. The summed E-state index contributed by atoms with van der Waals surface area (Å²) in [5, 5.41) is 5.66. The van der Waals surface area contributed by atoms with Gasteiger partial charge in [-0.25, -0.2) is 4.79 Å². The number of benzene rings is 1. The first-order valence-electron chi connectivity index (χ1n) is 11.1. The number of rotatable bonds is 8. The number of unbranched alkanes of at least 4 members (excludes halogenated alkanes) is 2. The van der Waals surface area contributed by atoms with E-state index in [9.17, 15) is 19.2 Å². The third-order valence-corrected chi connectivity index (χ3v) is 5.42. The Morgan fingerprint density at radius 1 is 1.16 bits per heavy atom. The Kier molecular flexibility index (Phi) is 7.06. The van der Waals surface area contributed by atoms with E-state index in [1.807, 2.05) is 39.0 Å². The van der Waals surface area contributed by atoms with Crippen molar-refractivity contribution in [3.63, 3.8) is 0 Å². The molecular weight excluding hydrogens is 412 g/mol. The monoisotopic (exact) mass is 444 g/mol. The van der Waals surface area contributed by atoms with E-state index in [1.54, 1.807) is 7.05 Å². The first kappa shape index (κ1) is 23.6. The zero-order valence-corrected chi connectivity index (χ0v) is 19.2. The minimum Gasteiger partial charge on any atom is -0.460 e. The number of imidazole rings is 1. The Balaban J connectivity index is 1.58. The summed E-state index contributed by atoms with van der Waals surface area (Å²) >= 11 is 0. The lowest BCUT2D eigenvalue weighted by Gasteiger charge is -2.21. The highest BCUT2D eigenvalue weighted by Crippen LogP contribution is 2.25. The maximum absolute atomic E-state index is 12.8. The number of anilines is 1. The van der Waals surface area contributed by atoms with Gasteiger partial charge in [-0.15, -0.1) is 0 Å². The van der Waals surface area contributed by atoms with Crippen LogP contribution >= 0.6 is 0 Å². The highest BCUT2D eigenvalue weighted by Gasteiger charge is 2.31. The summed E-state index contributed by atoms with van der Waals surface area (Å²) in [5.74, 6) is -0.918. The van der Waals surface area contributed by atoms with Gasteiger partial charge in [-0.05, 0) is 58.2 Å². The molecule has 1 aromatic carbocycles. The molecule has 0 spiro atoms. The molecule has 2 N–H and O–H groups in total. The van der Waals surface area contributed by atoms with Gasteiger partial charge in [0, 0.05) is 32.1 Å². The average Bonchev–Trinajstić information content (AvgIpc) is 2.94. The normalized spacial score (nSPS) is 16.8. The number of carbonyl (C=O) groups excluding carboxylic acids is 3. The van der Waals surface area contributed by atoms with Crippen molar-refractivity contribution in [1.82, 2.24) is 14.5 Å². The van der Waals surface area contributed by atoms with Crippen LogP contribution in [0.25, 0.3) is 11.0 Å². The molecule has 1 unspecified atom stereocenters. The number of nitrogens with one attached hydrogen (secondary N) is 2. The predicted molar refractivity (Wildman–Crippen MR) is 121 cm³/mol. The standard InChI is InChI=1S/C23H32N4O5/c1-23(2,3)32-20(29)8-6-5-7-13-24-15-9-10-16-18(14-15)26(4)22(31)27(16)17-11-12-19(28)25-21(17)30/h9-10,14,17,24H,5-8,11-13H2,1-4H3,(H,25,28,30). The van der Waals surface area contributed by atoms with E-state index in [1.165, 1.54) is 9.13 Å². The van der Waals surface area contributed by atoms with E-state index in [4.69, 9.17) is 4.74 Å². The minimum absolute atomic E-state index is 0.169. The Hall–Kier alpha value is -3.10. The van der Waals surface area contributed by atoms with E-state index < -0.39 is 17.6 Å². The summed E-state index contributed by atoms with van der Waals surface area (Å²) in [5.41, 5.74) is 1.52. The first-order valence-corrected chi connectivity index (χ1v) is 11.1. The summed E-state index contributed by atoms with van der Waals surface area (Å²) in [6.07, 6.45) is 3.52. The van der Waals surface area contributed by atoms with Crippen molar-refractivity contribution in [1.29, 1.82) is 0 Å². The third kappa shape index (κ3) is 5.57. The van der Waals surface area contributed by atoms with Crippen LogP contribution in [-0.4, -0.2) is 39.1 Å². The highest BCUT2D eigenvalue weighted by atomic mass is 16.6. The second kappa shape index (κ2) is 9.58. The Morgan fingerprint density at radius 3 is 2.59 bits per heavy atom. The van der Waals surface area contributed by atoms with Crippen LogP contribution in [0.5, 0.6) is 0 Å². The summed E-state index contributed by atoms with van der Waals surface area (Å²) in [4.78, 5) is 48.3. The number of nitrogens with zero attached hydrogens (tertiary/aromatic N) is 2. The lowest BCUT2D eigenvalue weighted by Crippen LogP contribution is -2.44. The van der Waals surface area contributed by atoms with Crippen LogP contribution in [0.1, 0.15) is 65.3 Å². The van der Waals surface area contributed by atoms with Crippen molar-refractivity contribution < 1.29 is 19.1 Å². The lowest BCUT2D eigenvalue weighted by atomic mass is 10.1. The molecule has 174 valence electrons. The van der Waals surface area contributed by atoms with Gasteiger partial charge in [-0.3, -0.25) is 28.8 Å². The molecule has 0 aliphatic carbocycles. The summed E-state index contributed by atoms with van der Waals surface area (Å²) < 4.78 is 8.30. The zero-order valence-electron chi connectivity index (χ0n) is 19.2. The van der Waals surface area contributed by atoms with Crippen molar-refractivity contribution in [2.24, 2.45) is 7.05 Å². The summed E-state index contributed by atoms with van der Waals surface area (Å²) in [7, 11) is 1.67. The van der Waals surface area contributed by atoms with Gasteiger partial charge >= 0.3 is 11.7 Å². The third-order valence-electron chi connectivity index (χ3n) is 5.42. The van der Waals surface area contributed by atoms with Gasteiger partial charge in [0.1, 0.15) is 11.6 Å². The molecule has 1 aliphatic heterocycles. The summed E-state index contributed by atoms with van der Waals surface area (Å²) in [6, 6.07) is 4.91. The van der Waals surface area contributed by atoms with Gasteiger partial charge in [-0.1, -0.05) is 6.42 Å². The van der Waals surface area contributed by atoms with Gasteiger partial charge < -0.3 is 10.1 Å². The maximum Gasteiger partial charge on any atom is 0.329 e. The molecule has 1 saturated heterocycles. The number of imide groups is 1. The molecule has 1 atom stereocenters. The fraction of sp³-hybridized carbons (Fsp3) is 0.565. The molecule has 1 fully saturated rings. The molecule has 1 aromatic heterocycles. The van der Waals surface area contributed by atoms with Crippen LogP contribution in [-0.2, 0) is 26.2 Å². The number of piperidine rings is 1. The number of carbonyl (C=O) groups is 3. The number of fused-ring (bicyclic) bond motifs is 1. The van der Waals surface area contributed by atoms with Crippen LogP contribution in [0.2, 0.25) is 0 Å². The van der Waals surface area contributed by atoms with Crippen molar-refractivity contribution >= 4 is 34.5 Å². The van der Waals surface area contributed by atoms with Crippen molar-refractivity contribution in [3.05, 3.63) is 28.7 Å². The van der Waals surface area contributed by atoms with Crippen LogP contribution in [0.15, 0.2) is 23.0 Å². The molecule has 0 radical (unpaired) electrons. The number of amides is 2. The van der Waals surface area contributed by atoms with E-state index in [0.717, 1.165) is 37.0 Å². The van der Waals surface area contributed by atoms with Crippen molar-refractivity contribution in [3.8, 4) is 0 Å². The van der Waals surface area contributed by atoms with Crippen LogP contribution < -0.4 is 16.3 Å². The van der Waals surface area contributed by atoms with Crippen LogP contribution in [0.4, 0.5) is 5.69 Å². The summed E-state index contributed by atoms with van der Waals surface area (Å²) in [6.45, 7) is 6.32. The fourth-order valence-electron chi connectivity index (χ4n) is 3.90. The van der Waals surface area contributed by atoms with Crippen molar-refractivity contribution in [2.45, 2.75) is 70.9 Å². The molecule has 9 nitrogen and oxygen atoms in total. The molecule has 32 heavy (non-hydrogen) atoms. The number of aryl methyl sites for hydroxylation is 1.